The van der Waals surface area contributed by atoms with E-state index in [0.717, 1.165) is 5.92 Å². The quantitative estimate of drug-likeness (QED) is 0.632. The molecule has 0 saturated carbocycles. The molecule has 0 aliphatic heterocycles. The molecule has 0 aliphatic carbocycles. The number of aromatic amines is 1. The summed E-state index contributed by atoms with van der Waals surface area (Å²) in [7, 11) is 0. The van der Waals surface area contributed by atoms with Gasteiger partial charge in [0.15, 0.2) is 0 Å². The number of benzene rings is 1. The van der Waals surface area contributed by atoms with Crippen LogP contribution in [-0.2, 0) is 5.41 Å². The highest BCUT2D eigenvalue weighted by Gasteiger charge is 2.18. The maximum absolute atomic E-state index is 3.39. The number of hydrogen-bond donors (Lipinski definition) is 1. The number of hydrogen-bond acceptors (Lipinski definition) is 0. The molecule has 20 heavy (non-hydrogen) atoms. The van der Waals surface area contributed by atoms with Crippen molar-refractivity contribution in [1.82, 2.24) is 4.98 Å². The molecule has 1 heteroatoms. The van der Waals surface area contributed by atoms with Crippen molar-refractivity contribution < 1.29 is 0 Å². The standard InChI is InChI=1S/C15H21N.C4H10/c1-10(2)11-6-7-12-13(15(3,4)5)9-16-14(12)8-11;1-4(2)3/h6-10,16H,1-5H3;4H,1-3H3. The average Bonchev–Trinajstić information content (AvgIpc) is 2.69. The highest BCUT2D eigenvalue weighted by Crippen LogP contribution is 2.31. The van der Waals surface area contributed by atoms with Crippen LogP contribution < -0.4 is 0 Å². The van der Waals surface area contributed by atoms with Crippen molar-refractivity contribution in [2.75, 3.05) is 0 Å². The highest BCUT2D eigenvalue weighted by molar-refractivity contribution is 5.84. The molecule has 0 unspecified atom stereocenters. The summed E-state index contributed by atoms with van der Waals surface area (Å²) in [4.78, 5) is 3.39. The minimum absolute atomic E-state index is 0.206. The SMILES string of the molecule is CC(C)C.CC(C)c1ccc2c(C(C)(C)C)c[nH]c2c1. The molecule has 1 N–H and O–H groups in total. The fourth-order valence-electron chi connectivity index (χ4n) is 2.12. The predicted octanol–water partition coefficient (Wildman–Crippen LogP) is 6.25. The predicted molar refractivity (Wildman–Crippen MR) is 91.6 cm³/mol. The lowest BCUT2D eigenvalue weighted by molar-refractivity contribution is 0.596. The summed E-state index contributed by atoms with van der Waals surface area (Å²) in [5.74, 6) is 1.42. The van der Waals surface area contributed by atoms with E-state index in [1.165, 1.54) is 22.0 Å². The van der Waals surface area contributed by atoms with E-state index in [9.17, 15) is 0 Å². The third-order valence-electron chi connectivity index (χ3n) is 3.18. The summed E-state index contributed by atoms with van der Waals surface area (Å²) in [6, 6.07) is 6.77. The van der Waals surface area contributed by atoms with E-state index in [1.54, 1.807) is 0 Å². The van der Waals surface area contributed by atoms with Gasteiger partial charge in [0.1, 0.15) is 0 Å². The molecule has 0 aliphatic rings. The number of fused-ring (bicyclic) bond motifs is 1. The third kappa shape index (κ3) is 4.40. The summed E-state index contributed by atoms with van der Waals surface area (Å²) in [5, 5.41) is 1.36. The molecule has 1 heterocycles. The third-order valence-corrected chi connectivity index (χ3v) is 3.18. The van der Waals surface area contributed by atoms with E-state index in [2.05, 4.69) is 84.8 Å². The normalized spacial score (nSPS) is 11.9. The van der Waals surface area contributed by atoms with Crippen molar-refractivity contribution in [1.29, 1.82) is 0 Å². The molecular weight excluding hydrogens is 242 g/mol. The van der Waals surface area contributed by atoms with E-state index in [-0.39, 0.29) is 5.41 Å². The molecule has 0 atom stereocenters. The zero-order valence-corrected chi connectivity index (χ0v) is 14.5. The first-order valence-corrected chi connectivity index (χ1v) is 7.74. The maximum atomic E-state index is 3.39. The number of rotatable bonds is 1. The van der Waals surface area contributed by atoms with Crippen molar-refractivity contribution in [3.05, 3.63) is 35.5 Å². The van der Waals surface area contributed by atoms with Crippen LogP contribution in [0.2, 0.25) is 0 Å². The summed E-state index contributed by atoms with van der Waals surface area (Å²) < 4.78 is 0. The lowest BCUT2D eigenvalue weighted by Crippen LogP contribution is -2.09. The Hall–Kier alpha value is -1.24. The fraction of sp³-hybridized carbons (Fsp3) is 0.579. The van der Waals surface area contributed by atoms with Crippen LogP contribution in [0.3, 0.4) is 0 Å². The Morgan fingerprint density at radius 1 is 0.950 bits per heavy atom. The van der Waals surface area contributed by atoms with Crippen LogP contribution in [0.1, 0.15) is 72.4 Å². The molecule has 0 radical (unpaired) electrons. The Morgan fingerprint density at radius 2 is 1.50 bits per heavy atom. The number of nitrogens with one attached hydrogen (secondary N) is 1. The molecule has 0 bridgehead atoms. The van der Waals surface area contributed by atoms with Crippen LogP contribution in [0.4, 0.5) is 0 Å². The minimum Gasteiger partial charge on any atom is -0.361 e. The smallest absolute Gasteiger partial charge is 0.0459 e. The molecule has 1 aromatic heterocycles. The van der Waals surface area contributed by atoms with Gasteiger partial charge in [-0.3, -0.25) is 0 Å². The summed E-state index contributed by atoms with van der Waals surface area (Å²) in [5.41, 5.74) is 4.26. The Labute approximate surface area is 124 Å². The highest BCUT2D eigenvalue weighted by atomic mass is 14.7. The topological polar surface area (TPSA) is 15.8 Å². The average molecular weight is 273 g/mol. The summed E-state index contributed by atoms with van der Waals surface area (Å²) in [6.07, 6.45) is 2.15. The van der Waals surface area contributed by atoms with Crippen LogP contribution in [0.25, 0.3) is 10.9 Å². The van der Waals surface area contributed by atoms with Crippen LogP contribution in [0, 0.1) is 5.92 Å². The Morgan fingerprint density at radius 3 is 1.95 bits per heavy atom. The van der Waals surface area contributed by atoms with Crippen molar-refractivity contribution in [3.8, 4) is 0 Å². The molecule has 2 rings (SSSR count). The first-order chi connectivity index (χ1) is 9.12. The summed E-state index contributed by atoms with van der Waals surface area (Å²) >= 11 is 0. The molecule has 0 fully saturated rings. The second-order valence-corrected chi connectivity index (χ2v) is 7.64. The molecule has 112 valence electrons. The van der Waals surface area contributed by atoms with E-state index in [0.29, 0.717) is 5.92 Å². The zero-order valence-electron chi connectivity index (χ0n) is 14.5. The Kier molecular flexibility index (Phi) is 5.44. The molecular formula is C19H31N. The number of aromatic nitrogens is 1. The molecule has 1 nitrogen and oxygen atoms in total. The molecule has 1 aromatic carbocycles. The van der Waals surface area contributed by atoms with Gasteiger partial charge in [-0.05, 0) is 34.4 Å². The van der Waals surface area contributed by atoms with Gasteiger partial charge in [0.25, 0.3) is 0 Å². The van der Waals surface area contributed by atoms with Crippen molar-refractivity contribution in [3.63, 3.8) is 0 Å². The van der Waals surface area contributed by atoms with Crippen molar-refractivity contribution in [2.45, 2.75) is 66.7 Å². The lowest BCUT2D eigenvalue weighted by atomic mass is 9.86. The number of H-pyrrole nitrogens is 1. The Bertz CT molecular complexity index is 536. The fourth-order valence-corrected chi connectivity index (χ4v) is 2.12. The molecule has 0 saturated heterocycles. The van der Waals surface area contributed by atoms with Gasteiger partial charge >= 0.3 is 0 Å². The second-order valence-electron chi connectivity index (χ2n) is 7.64. The minimum atomic E-state index is 0.206. The van der Waals surface area contributed by atoms with Crippen molar-refractivity contribution >= 4 is 10.9 Å². The van der Waals surface area contributed by atoms with Gasteiger partial charge in [0.05, 0.1) is 0 Å². The van der Waals surface area contributed by atoms with E-state index in [4.69, 9.17) is 0 Å². The van der Waals surface area contributed by atoms with Crippen molar-refractivity contribution in [2.24, 2.45) is 5.92 Å². The first kappa shape index (κ1) is 16.8. The van der Waals surface area contributed by atoms with Gasteiger partial charge in [-0.1, -0.05) is 67.5 Å². The van der Waals surface area contributed by atoms with E-state index >= 15 is 0 Å². The molecule has 2 aromatic rings. The van der Waals surface area contributed by atoms with Gasteiger partial charge in [-0.15, -0.1) is 0 Å². The van der Waals surface area contributed by atoms with Gasteiger partial charge in [-0.25, -0.2) is 0 Å². The molecule has 0 spiro atoms. The molecule has 0 amide bonds. The lowest BCUT2D eigenvalue weighted by Gasteiger charge is -2.17. The van der Waals surface area contributed by atoms with Crippen LogP contribution in [0.5, 0.6) is 0 Å². The van der Waals surface area contributed by atoms with E-state index in [1.807, 2.05) is 0 Å². The largest absolute Gasteiger partial charge is 0.361 e. The van der Waals surface area contributed by atoms with Crippen LogP contribution in [-0.4, -0.2) is 4.98 Å². The maximum Gasteiger partial charge on any atom is 0.0459 e. The van der Waals surface area contributed by atoms with Crippen LogP contribution in [0.15, 0.2) is 24.4 Å². The van der Waals surface area contributed by atoms with E-state index < -0.39 is 0 Å². The van der Waals surface area contributed by atoms with Gasteiger partial charge in [-0.2, -0.15) is 0 Å². The summed E-state index contributed by atoms with van der Waals surface area (Å²) in [6.45, 7) is 17.7. The Balaban J connectivity index is 0.000000444. The van der Waals surface area contributed by atoms with Gasteiger partial charge in [0.2, 0.25) is 0 Å². The second kappa shape index (κ2) is 6.47. The van der Waals surface area contributed by atoms with Gasteiger partial charge < -0.3 is 4.98 Å². The zero-order chi connectivity index (χ0) is 15.5. The van der Waals surface area contributed by atoms with Gasteiger partial charge in [0, 0.05) is 17.1 Å². The van der Waals surface area contributed by atoms with Crippen LogP contribution >= 0.6 is 0 Å². The first-order valence-electron chi connectivity index (χ1n) is 7.74. The monoisotopic (exact) mass is 273 g/mol.